The van der Waals surface area contributed by atoms with E-state index in [1.165, 1.54) is 5.56 Å². The molecule has 1 atom stereocenters. The highest BCUT2D eigenvalue weighted by molar-refractivity contribution is 5.97. The van der Waals surface area contributed by atoms with Crippen molar-refractivity contribution in [1.29, 1.82) is 5.41 Å². The lowest BCUT2D eigenvalue weighted by Crippen LogP contribution is -2.29. The van der Waals surface area contributed by atoms with Crippen molar-refractivity contribution in [2.45, 2.75) is 31.6 Å². The normalized spacial score (nSPS) is 13.1. The van der Waals surface area contributed by atoms with Gasteiger partial charge in [-0.3, -0.25) is 4.79 Å². The minimum Gasteiger partial charge on any atom is -0.360 e. The van der Waals surface area contributed by atoms with E-state index in [2.05, 4.69) is 60.4 Å². The van der Waals surface area contributed by atoms with Crippen LogP contribution in [-0.4, -0.2) is 17.0 Å². The lowest BCUT2D eigenvalue weighted by molar-refractivity contribution is 0.112. The van der Waals surface area contributed by atoms with Gasteiger partial charge in [0.1, 0.15) is 0 Å². The largest absolute Gasteiger partial charge is 0.360 e. The molecule has 0 saturated heterocycles. The maximum absolute atomic E-state index is 11.5. The van der Waals surface area contributed by atoms with E-state index in [-0.39, 0.29) is 5.41 Å². The summed E-state index contributed by atoms with van der Waals surface area (Å²) in [5, 5.41) is 9.69. The number of rotatable bonds is 8. The second-order valence-electron chi connectivity index (χ2n) is 8.29. The molecule has 30 heavy (non-hydrogen) atoms. The van der Waals surface area contributed by atoms with Gasteiger partial charge in [0.05, 0.1) is 0 Å². The smallest absolute Gasteiger partial charge is 0.152 e. The van der Waals surface area contributed by atoms with E-state index in [1.807, 2.05) is 30.3 Å². The number of aromatic nitrogens is 1. The minimum absolute atomic E-state index is 0.251. The van der Waals surface area contributed by atoms with Crippen LogP contribution >= 0.6 is 0 Å². The van der Waals surface area contributed by atoms with Crippen molar-refractivity contribution in [3.8, 4) is 0 Å². The van der Waals surface area contributed by atoms with Gasteiger partial charge < -0.3 is 10.4 Å². The minimum atomic E-state index is -0.251. The number of hydrogen-bond acceptors (Lipinski definition) is 2. The Morgan fingerprint density at radius 3 is 2.30 bits per heavy atom. The molecule has 2 N–H and O–H groups in total. The van der Waals surface area contributed by atoms with Crippen LogP contribution in [0.25, 0.3) is 10.9 Å². The van der Waals surface area contributed by atoms with Gasteiger partial charge in [-0.2, -0.15) is 0 Å². The third-order valence-corrected chi connectivity index (χ3v) is 5.84. The lowest BCUT2D eigenvalue weighted by Gasteiger charge is -2.31. The van der Waals surface area contributed by atoms with Gasteiger partial charge in [0, 0.05) is 40.2 Å². The fourth-order valence-electron chi connectivity index (χ4n) is 4.30. The summed E-state index contributed by atoms with van der Waals surface area (Å²) in [5.41, 5.74) is 5.66. The molecule has 0 bridgehead atoms. The average molecular weight is 395 g/mol. The molecule has 4 aromatic rings. The Morgan fingerprint density at radius 1 is 0.967 bits per heavy atom. The molecule has 150 valence electrons. The van der Waals surface area contributed by atoms with Crippen LogP contribution < -0.4 is 0 Å². The molecular weight excluding hydrogens is 368 g/mol. The summed E-state index contributed by atoms with van der Waals surface area (Å²) in [7, 11) is 0. The number of aromatic amines is 1. The van der Waals surface area contributed by atoms with E-state index in [4.69, 9.17) is 5.41 Å². The molecule has 0 aliphatic carbocycles. The van der Waals surface area contributed by atoms with Gasteiger partial charge in [0.2, 0.25) is 0 Å². The quantitative estimate of drug-likeness (QED) is 0.274. The zero-order chi connectivity index (χ0) is 21.0. The maximum atomic E-state index is 11.5. The highest BCUT2D eigenvalue weighted by Gasteiger charge is 2.29. The summed E-state index contributed by atoms with van der Waals surface area (Å²) in [6.45, 7) is 2.23. The number of hydrogen-bond donors (Lipinski definition) is 2. The van der Waals surface area contributed by atoms with Gasteiger partial charge in [-0.05, 0) is 41.7 Å². The van der Waals surface area contributed by atoms with Crippen LogP contribution in [0.4, 0.5) is 0 Å². The maximum Gasteiger partial charge on any atom is 0.152 e. The third kappa shape index (κ3) is 4.25. The van der Waals surface area contributed by atoms with Gasteiger partial charge >= 0.3 is 0 Å². The number of fused-ring (bicyclic) bond motifs is 1. The molecule has 1 unspecified atom stereocenters. The lowest BCUT2D eigenvalue weighted by atomic mass is 9.72. The summed E-state index contributed by atoms with van der Waals surface area (Å²) in [6.07, 6.45) is 4.79. The second kappa shape index (κ2) is 8.50. The monoisotopic (exact) mass is 394 g/mol. The summed E-state index contributed by atoms with van der Waals surface area (Å²) < 4.78 is 0. The highest BCUT2D eigenvalue weighted by Crippen LogP contribution is 2.35. The average Bonchev–Trinajstić information content (AvgIpc) is 3.17. The van der Waals surface area contributed by atoms with Crippen LogP contribution in [0.15, 0.2) is 85.1 Å². The van der Waals surface area contributed by atoms with Gasteiger partial charge in [-0.25, -0.2) is 0 Å². The van der Waals surface area contributed by atoms with E-state index in [0.717, 1.165) is 34.7 Å². The molecule has 1 aromatic heterocycles. The summed E-state index contributed by atoms with van der Waals surface area (Å²) in [5.74, 6) is 0. The van der Waals surface area contributed by atoms with Crippen LogP contribution in [-0.2, 0) is 18.3 Å². The number of benzene rings is 3. The predicted molar refractivity (Wildman–Crippen MR) is 124 cm³/mol. The summed E-state index contributed by atoms with van der Waals surface area (Å²) in [6, 6.07) is 26.9. The van der Waals surface area contributed by atoms with Gasteiger partial charge in [-0.1, -0.05) is 73.7 Å². The molecule has 0 radical (unpaired) electrons. The molecule has 0 fully saturated rings. The molecule has 0 aliphatic heterocycles. The van der Waals surface area contributed by atoms with Crippen molar-refractivity contribution < 1.29 is 4.79 Å². The van der Waals surface area contributed by atoms with Crippen molar-refractivity contribution in [2.24, 2.45) is 0 Å². The van der Waals surface area contributed by atoms with Gasteiger partial charge in [0.25, 0.3) is 0 Å². The molecule has 0 aliphatic rings. The number of H-pyrrole nitrogens is 1. The molecular formula is C27H26N2O. The first-order valence-electron chi connectivity index (χ1n) is 10.3. The molecule has 0 saturated carbocycles. The number of carbonyl (C=O) groups excluding carboxylic acids is 1. The van der Waals surface area contributed by atoms with Crippen LogP contribution in [0.1, 0.15) is 40.4 Å². The fourth-order valence-corrected chi connectivity index (χ4v) is 4.30. The van der Waals surface area contributed by atoms with Crippen molar-refractivity contribution >= 4 is 22.9 Å². The van der Waals surface area contributed by atoms with E-state index in [1.54, 1.807) is 6.20 Å². The zero-order valence-electron chi connectivity index (χ0n) is 17.2. The van der Waals surface area contributed by atoms with Crippen molar-refractivity contribution in [1.82, 2.24) is 4.98 Å². The molecule has 0 amide bonds. The Kier molecular flexibility index (Phi) is 5.62. The topological polar surface area (TPSA) is 56.7 Å². The predicted octanol–water partition coefficient (Wildman–Crippen LogP) is 6.13. The Morgan fingerprint density at radius 2 is 1.63 bits per heavy atom. The first-order chi connectivity index (χ1) is 14.6. The van der Waals surface area contributed by atoms with Crippen LogP contribution in [0.3, 0.4) is 0 Å². The van der Waals surface area contributed by atoms with Crippen molar-refractivity contribution in [2.75, 3.05) is 0 Å². The van der Waals surface area contributed by atoms with Crippen molar-refractivity contribution in [3.05, 3.63) is 107 Å². The third-order valence-electron chi connectivity index (χ3n) is 5.84. The Hall–Kier alpha value is -3.46. The van der Waals surface area contributed by atoms with E-state index in [0.29, 0.717) is 24.1 Å². The van der Waals surface area contributed by atoms with E-state index < -0.39 is 0 Å². The standard InChI is InChI=1S/C27H26N2O/c1-27(16-21-10-6-3-7-11-21,17-24(28)14-20-8-4-2-5-9-20)23-12-13-26-25(15-23)22(19-30)18-29-26/h2-13,15,18-19,28-29H,14,16-17H2,1H3. The first kappa shape index (κ1) is 19.8. The molecule has 1 heterocycles. The number of aldehydes is 1. The van der Waals surface area contributed by atoms with Crippen LogP contribution in [0.2, 0.25) is 0 Å². The van der Waals surface area contributed by atoms with E-state index >= 15 is 0 Å². The highest BCUT2D eigenvalue weighted by atomic mass is 16.1. The Balaban J connectivity index is 1.69. The second-order valence-corrected chi connectivity index (χ2v) is 8.29. The van der Waals surface area contributed by atoms with Gasteiger partial charge in [0.15, 0.2) is 6.29 Å². The zero-order valence-corrected chi connectivity index (χ0v) is 17.2. The number of carbonyl (C=O) groups is 1. The summed E-state index contributed by atoms with van der Waals surface area (Å²) >= 11 is 0. The Labute approximate surface area is 177 Å². The number of nitrogens with one attached hydrogen (secondary N) is 2. The summed E-state index contributed by atoms with van der Waals surface area (Å²) in [4.78, 5) is 14.6. The first-order valence-corrected chi connectivity index (χ1v) is 10.3. The van der Waals surface area contributed by atoms with E-state index in [9.17, 15) is 4.79 Å². The molecule has 3 aromatic carbocycles. The van der Waals surface area contributed by atoms with Gasteiger partial charge in [-0.15, -0.1) is 0 Å². The molecule has 0 spiro atoms. The van der Waals surface area contributed by atoms with Crippen LogP contribution in [0, 0.1) is 5.41 Å². The van der Waals surface area contributed by atoms with Crippen LogP contribution in [0.5, 0.6) is 0 Å². The molecule has 3 nitrogen and oxygen atoms in total. The molecule has 3 heteroatoms. The molecule has 4 rings (SSSR count). The van der Waals surface area contributed by atoms with Crippen molar-refractivity contribution in [3.63, 3.8) is 0 Å². The fraction of sp³-hybridized carbons (Fsp3) is 0.185. The Bertz CT molecular complexity index is 1160. The SMILES string of the molecule is CC(CC(=N)Cc1ccccc1)(Cc1ccccc1)c1ccc2[nH]cc(C=O)c2c1.